The number of hydrogen-bond acceptors (Lipinski definition) is 10. The van der Waals surface area contributed by atoms with Gasteiger partial charge in [-0.1, -0.05) is 4.45 Å². The summed E-state index contributed by atoms with van der Waals surface area (Å²) in [4.78, 5) is 11.6. The molecule has 0 saturated heterocycles. The van der Waals surface area contributed by atoms with Crippen LogP contribution < -0.4 is 5.76 Å². The molecular weight excluding hydrogens is 319 g/mol. The fourth-order valence-electron chi connectivity index (χ4n) is 1.15. The predicted molar refractivity (Wildman–Crippen MR) is 67.1 cm³/mol. The Morgan fingerprint density at radius 3 is 2.37 bits per heavy atom. The molecule has 1 fully saturated rings. The molecule has 1 aliphatic rings. The van der Waals surface area contributed by atoms with E-state index in [2.05, 4.69) is 13.5 Å². The van der Waals surface area contributed by atoms with E-state index in [9.17, 15) is 9.36 Å². The van der Waals surface area contributed by atoms with E-state index >= 15 is 0 Å². The van der Waals surface area contributed by atoms with Crippen molar-refractivity contribution in [3.05, 3.63) is 16.4 Å². The minimum absolute atomic E-state index is 0.0903. The Balaban J connectivity index is 2.25. The Bertz CT molecular complexity index is 516. The molecule has 0 radical (unpaired) electrons. The molecule has 0 atom stereocenters. The van der Waals surface area contributed by atoms with Crippen LogP contribution in [0.3, 0.4) is 0 Å². The van der Waals surface area contributed by atoms with Crippen LogP contribution in [-0.2, 0) is 20.9 Å². The molecule has 0 bridgehead atoms. The third-order valence-corrected chi connectivity index (χ3v) is 5.08. The summed E-state index contributed by atoms with van der Waals surface area (Å²) in [6.07, 6.45) is 1.76. The van der Waals surface area contributed by atoms with Gasteiger partial charge in [0.1, 0.15) is 0 Å². The second-order valence-electron chi connectivity index (χ2n) is 3.46. The van der Waals surface area contributed by atoms with Crippen LogP contribution in [0.5, 0.6) is 0 Å². The molecule has 0 spiro atoms. The predicted octanol–water partition coefficient (Wildman–Crippen LogP) is 2.12. The van der Waals surface area contributed by atoms with E-state index in [1.165, 1.54) is 14.2 Å². The topological polar surface area (TPSA) is 102 Å². The van der Waals surface area contributed by atoms with Crippen molar-refractivity contribution in [2.75, 3.05) is 14.2 Å². The lowest BCUT2D eigenvalue weighted by molar-refractivity contribution is 0.357. The highest BCUT2D eigenvalue weighted by Gasteiger charge is 2.38. The minimum atomic E-state index is -4.06. The summed E-state index contributed by atoms with van der Waals surface area (Å²) in [6, 6.07) is 0. The van der Waals surface area contributed by atoms with Gasteiger partial charge in [-0.2, -0.15) is 7.94 Å². The molecule has 1 heterocycles. The molecule has 0 aromatic carbocycles. The van der Waals surface area contributed by atoms with E-state index in [1.807, 2.05) is 0 Å². The van der Waals surface area contributed by atoms with Crippen LogP contribution in [0.25, 0.3) is 0 Å². The Morgan fingerprint density at radius 2 is 1.89 bits per heavy atom. The fraction of sp³-hybridized carbons (Fsp3) is 0.714. The Hall–Kier alpha value is -0.290. The van der Waals surface area contributed by atoms with Gasteiger partial charge in [-0.15, -0.1) is 5.10 Å². The number of hydrogen-bond donors (Lipinski definition) is 0. The highest BCUT2D eigenvalue weighted by atomic mass is 32.2. The Labute approximate surface area is 117 Å². The maximum absolute atomic E-state index is 12.4. The molecular formula is C7H11N2O7PS2. The first kappa shape index (κ1) is 15.1. The zero-order valence-corrected chi connectivity index (χ0v) is 12.5. The first-order valence-electron chi connectivity index (χ1n) is 5.10. The maximum atomic E-state index is 12.4. The lowest BCUT2D eigenvalue weighted by atomic mass is 10.4. The average Bonchev–Trinajstić information content (AvgIpc) is 3.17. The lowest BCUT2D eigenvalue weighted by Gasteiger charge is -2.11. The quantitative estimate of drug-likeness (QED) is 0.520. The van der Waals surface area contributed by atoms with E-state index in [0.29, 0.717) is 29.1 Å². The normalized spacial score (nSPS) is 15.9. The standard InChI is InChI=1S/C7H11N2O7PS2/c1-12-18-15-17(11,16-19-13-2)9-7(10)14-6(8-9)5-3-4-5/h5H,3-4H2,1-2H3. The molecule has 1 aliphatic carbocycles. The van der Waals surface area contributed by atoms with E-state index in [-0.39, 0.29) is 11.8 Å². The van der Waals surface area contributed by atoms with E-state index in [4.69, 9.17) is 12.4 Å². The lowest BCUT2D eigenvalue weighted by Crippen LogP contribution is -2.15. The van der Waals surface area contributed by atoms with E-state index < -0.39 is 13.5 Å². The third-order valence-electron chi connectivity index (χ3n) is 2.09. The molecule has 19 heavy (non-hydrogen) atoms. The molecule has 0 N–H and O–H groups in total. The molecule has 0 aliphatic heterocycles. The Morgan fingerprint density at radius 1 is 1.32 bits per heavy atom. The van der Waals surface area contributed by atoms with Crippen molar-refractivity contribution in [1.82, 2.24) is 9.55 Å². The van der Waals surface area contributed by atoms with Crippen molar-refractivity contribution in [2.45, 2.75) is 18.8 Å². The van der Waals surface area contributed by atoms with Gasteiger partial charge in [-0.05, 0) is 12.8 Å². The van der Waals surface area contributed by atoms with Crippen LogP contribution in [0, 0.1) is 0 Å². The van der Waals surface area contributed by atoms with Crippen molar-refractivity contribution >= 4 is 32.4 Å². The summed E-state index contributed by atoms with van der Waals surface area (Å²) >= 11 is 0.808. The van der Waals surface area contributed by atoms with Crippen LogP contribution in [0.2, 0.25) is 0 Å². The molecule has 1 aromatic rings. The zero-order valence-electron chi connectivity index (χ0n) is 10.0. The van der Waals surface area contributed by atoms with Gasteiger partial charge in [-0.25, -0.2) is 9.36 Å². The van der Waals surface area contributed by atoms with Gasteiger partial charge in [-0.3, -0.25) is 8.37 Å². The molecule has 9 nitrogen and oxygen atoms in total. The van der Waals surface area contributed by atoms with Gasteiger partial charge in [0.25, 0.3) is 0 Å². The van der Waals surface area contributed by atoms with Crippen molar-refractivity contribution in [3.63, 3.8) is 0 Å². The SMILES string of the molecule is COSOP(=O)(OSOC)n1nc(C2CC2)oc1=O. The molecule has 12 heteroatoms. The zero-order chi connectivity index (χ0) is 13.9. The van der Waals surface area contributed by atoms with Crippen molar-refractivity contribution in [1.29, 1.82) is 0 Å². The van der Waals surface area contributed by atoms with Crippen LogP contribution in [-0.4, -0.2) is 23.8 Å². The van der Waals surface area contributed by atoms with Gasteiger partial charge in [0, 0.05) is 5.92 Å². The first-order chi connectivity index (χ1) is 9.10. The third kappa shape index (κ3) is 3.63. The van der Waals surface area contributed by atoms with Gasteiger partial charge in [0.2, 0.25) is 5.89 Å². The molecule has 0 amide bonds. The summed E-state index contributed by atoms with van der Waals surface area (Å²) in [5.41, 5.74) is 0. The number of nitrogens with zero attached hydrogens (tertiary/aromatic N) is 2. The minimum Gasteiger partial charge on any atom is -0.392 e. The average molecular weight is 330 g/mol. The Kier molecular flexibility index (Phi) is 5.12. The molecule has 108 valence electrons. The summed E-state index contributed by atoms with van der Waals surface area (Å²) in [7, 11) is -1.45. The second-order valence-corrected chi connectivity index (χ2v) is 6.90. The summed E-state index contributed by atoms with van der Waals surface area (Å²) < 4.78 is 36.6. The van der Waals surface area contributed by atoms with Crippen LogP contribution in [0.1, 0.15) is 24.7 Å². The van der Waals surface area contributed by atoms with Crippen molar-refractivity contribution in [3.8, 4) is 0 Å². The van der Waals surface area contributed by atoms with Gasteiger partial charge in [0.15, 0.2) is 24.6 Å². The van der Waals surface area contributed by atoms with Gasteiger partial charge < -0.3 is 4.42 Å². The number of aromatic nitrogens is 2. The van der Waals surface area contributed by atoms with Crippen molar-refractivity contribution < 1.29 is 25.3 Å². The summed E-state index contributed by atoms with van der Waals surface area (Å²) in [5.74, 6) is -0.603. The monoisotopic (exact) mass is 330 g/mol. The highest BCUT2D eigenvalue weighted by Crippen LogP contribution is 2.54. The molecule has 0 unspecified atom stereocenters. The second kappa shape index (κ2) is 6.44. The maximum Gasteiger partial charge on any atom is 0.487 e. The van der Waals surface area contributed by atoms with Crippen LogP contribution >= 0.6 is 32.4 Å². The largest absolute Gasteiger partial charge is 0.487 e. The summed E-state index contributed by atoms with van der Waals surface area (Å²) in [5, 5.41) is 3.84. The summed E-state index contributed by atoms with van der Waals surface area (Å²) in [6.45, 7) is 0. The first-order valence-corrected chi connectivity index (χ1v) is 7.92. The van der Waals surface area contributed by atoms with Crippen molar-refractivity contribution in [2.24, 2.45) is 0 Å². The highest BCUT2D eigenvalue weighted by molar-refractivity contribution is 7.97. The van der Waals surface area contributed by atoms with E-state index in [1.54, 1.807) is 0 Å². The smallest absolute Gasteiger partial charge is 0.392 e. The van der Waals surface area contributed by atoms with E-state index in [0.717, 1.165) is 12.8 Å². The van der Waals surface area contributed by atoms with Gasteiger partial charge in [0.05, 0.1) is 14.2 Å². The fourth-order valence-corrected chi connectivity index (χ4v) is 3.52. The number of rotatable bonds is 8. The van der Waals surface area contributed by atoms with Crippen LogP contribution in [0.4, 0.5) is 0 Å². The molecule has 1 saturated carbocycles. The molecule has 2 rings (SSSR count). The van der Waals surface area contributed by atoms with Crippen LogP contribution in [0.15, 0.2) is 9.21 Å². The molecule has 1 aromatic heterocycles. The van der Waals surface area contributed by atoms with Gasteiger partial charge >= 0.3 is 13.5 Å².